The number of benzene rings is 2. The lowest BCUT2D eigenvalue weighted by molar-refractivity contribution is -0.136. The van der Waals surface area contributed by atoms with E-state index in [9.17, 15) is 14.7 Å². The molecule has 0 bridgehead atoms. The van der Waals surface area contributed by atoms with Crippen molar-refractivity contribution in [3.05, 3.63) is 91.7 Å². The van der Waals surface area contributed by atoms with E-state index in [0.717, 1.165) is 11.1 Å². The number of hydrogen-bond donors (Lipinski definition) is 1. The maximum atomic E-state index is 13.5. The molecule has 1 aromatic heterocycles. The lowest BCUT2D eigenvalue weighted by atomic mass is 9.95. The summed E-state index contributed by atoms with van der Waals surface area (Å²) in [6.45, 7) is 1.93. The maximum Gasteiger partial charge on any atom is 0.338 e. The Hall–Kier alpha value is -1.99. The second-order valence-corrected chi connectivity index (χ2v) is 10.4. The largest absolute Gasteiger partial charge is 0.506 e. The molecule has 0 radical (unpaired) electrons. The first-order valence-corrected chi connectivity index (χ1v) is 12.7. The van der Waals surface area contributed by atoms with Gasteiger partial charge in [-0.3, -0.25) is 9.36 Å². The van der Waals surface area contributed by atoms with Gasteiger partial charge >= 0.3 is 5.97 Å². The van der Waals surface area contributed by atoms with E-state index in [0.29, 0.717) is 34.2 Å². The van der Waals surface area contributed by atoms with Crippen LogP contribution < -0.4 is 14.9 Å². The number of aromatic hydroxyl groups is 1. The number of allylic oxidation sites excluding steroid dienone is 1. The molecule has 0 spiro atoms. The molecule has 1 aliphatic rings. The first-order chi connectivity index (χ1) is 15.3. The van der Waals surface area contributed by atoms with Gasteiger partial charge in [-0.2, -0.15) is 0 Å². The van der Waals surface area contributed by atoms with Crippen LogP contribution in [0, 0.1) is 7.14 Å². The van der Waals surface area contributed by atoms with Gasteiger partial charge in [0.2, 0.25) is 0 Å². The summed E-state index contributed by atoms with van der Waals surface area (Å²) < 4.78 is 8.56. The van der Waals surface area contributed by atoms with Crippen LogP contribution in [-0.4, -0.2) is 22.8 Å². The zero-order valence-corrected chi connectivity index (χ0v) is 22.3. The number of esters is 1. The van der Waals surface area contributed by atoms with Crippen LogP contribution in [0.1, 0.15) is 30.5 Å². The zero-order chi connectivity index (χ0) is 23.0. The number of halogens is 2. The van der Waals surface area contributed by atoms with Crippen molar-refractivity contribution in [2.24, 2.45) is 4.99 Å². The molecule has 0 fully saturated rings. The van der Waals surface area contributed by atoms with Crippen molar-refractivity contribution in [3.8, 4) is 5.75 Å². The van der Waals surface area contributed by atoms with Crippen LogP contribution >= 0.6 is 56.5 Å². The number of carbonyl (C=O) groups is 1. The fraction of sp³-hybridized carbons (Fsp3) is 0.174. The summed E-state index contributed by atoms with van der Waals surface area (Å²) in [5.41, 5.74) is 2.40. The Morgan fingerprint density at radius 1 is 1.25 bits per heavy atom. The second-order valence-electron chi connectivity index (χ2n) is 7.03. The van der Waals surface area contributed by atoms with E-state index in [1.807, 2.05) is 49.4 Å². The average molecular weight is 672 g/mol. The molecule has 164 valence electrons. The number of thiazole rings is 1. The molecule has 0 saturated carbocycles. The first kappa shape index (κ1) is 23.2. The van der Waals surface area contributed by atoms with Crippen LogP contribution in [0.3, 0.4) is 0 Å². The molecule has 9 heteroatoms. The van der Waals surface area contributed by atoms with Crippen molar-refractivity contribution in [2.45, 2.75) is 19.4 Å². The lowest BCUT2D eigenvalue weighted by Crippen LogP contribution is -2.40. The smallest absolute Gasteiger partial charge is 0.338 e. The molecule has 4 rings (SSSR count). The minimum Gasteiger partial charge on any atom is -0.506 e. The van der Waals surface area contributed by atoms with Gasteiger partial charge in [-0.1, -0.05) is 48.6 Å². The van der Waals surface area contributed by atoms with Crippen LogP contribution in [0.2, 0.25) is 0 Å². The van der Waals surface area contributed by atoms with Gasteiger partial charge in [0.1, 0.15) is 5.75 Å². The monoisotopic (exact) mass is 672 g/mol. The molecule has 6 nitrogen and oxygen atoms in total. The molecule has 0 amide bonds. The van der Waals surface area contributed by atoms with Gasteiger partial charge in [0.25, 0.3) is 5.56 Å². The molecule has 32 heavy (non-hydrogen) atoms. The Labute approximate surface area is 215 Å². The van der Waals surface area contributed by atoms with E-state index < -0.39 is 12.0 Å². The Bertz CT molecular complexity index is 1400. The molecule has 1 atom stereocenters. The highest BCUT2D eigenvalue weighted by Crippen LogP contribution is 2.32. The average Bonchev–Trinajstić information content (AvgIpc) is 3.10. The highest BCUT2D eigenvalue weighted by Gasteiger charge is 2.33. The Balaban J connectivity index is 2.00. The molecule has 0 saturated heterocycles. The number of aromatic nitrogens is 1. The van der Waals surface area contributed by atoms with Crippen LogP contribution in [0.5, 0.6) is 5.75 Å². The third kappa shape index (κ3) is 4.17. The number of rotatable bonds is 4. The predicted octanol–water partition coefficient (Wildman–Crippen LogP) is 3.71. The summed E-state index contributed by atoms with van der Waals surface area (Å²) in [5.74, 6) is -0.263. The van der Waals surface area contributed by atoms with Crippen LogP contribution in [-0.2, 0) is 9.53 Å². The molecule has 0 aliphatic carbocycles. The summed E-state index contributed by atoms with van der Waals surface area (Å²) in [7, 11) is 1.34. The lowest BCUT2D eigenvalue weighted by Gasteiger charge is -2.25. The summed E-state index contributed by atoms with van der Waals surface area (Å²) in [6, 6.07) is 12.5. The molecule has 0 unspecified atom stereocenters. The molecule has 2 heterocycles. The van der Waals surface area contributed by atoms with Crippen LogP contribution in [0.4, 0.5) is 0 Å². The van der Waals surface area contributed by atoms with E-state index in [1.54, 1.807) is 10.6 Å². The number of ether oxygens (including phenoxy) is 1. The van der Waals surface area contributed by atoms with Crippen molar-refractivity contribution < 1.29 is 14.6 Å². The number of nitrogens with zero attached hydrogens (tertiary/aromatic N) is 2. The maximum absolute atomic E-state index is 13.5. The molecule has 1 aliphatic heterocycles. The number of carbonyl (C=O) groups excluding carboxylic acids is 1. The van der Waals surface area contributed by atoms with Crippen molar-refractivity contribution in [1.82, 2.24) is 4.57 Å². The number of phenols is 1. The summed E-state index contributed by atoms with van der Waals surface area (Å²) in [4.78, 5) is 31.5. The van der Waals surface area contributed by atoms with Gasteiger partial charge in [-0.15, -0.1) is 0 Å². The summed E-state index contributed by atoms with van der Waals surface area (Å²) in [5, 5.41) is 10.0. The highest BCUT2D eigenvalue weighted by molar-refractivity contribution is 14.1. The summed E-state index contributed by atoms with van der Waals surface area (Å²) in [6.07, 6.45) is 2.33. The third-order valence-electron chi connectivity index (χ3n) is 5.10. The normalized spacial score (nSPS) is 16.0. The van der Waals surface area contributed by atoms with E-state index in [2.05, 4.69) is 50.2 Å². The quantitative estimate of drug-likeness (QED) is 0.339. The summed E-state index contributed by atoms with van der Waals surface area (Å²) >= 11 is 5.42. The van der Waals surface area contributed by atoms with Gasteiger partial charge in [-0.05, 0) is 80.9 Å². The minimum atomic E-state index is -0.614. The zero-order valence-electron chi connectivity index (χ0n) is 17.1. The number of methoxy groups -OCH3 is 1. The van der Waals surface area contributed by atoms with Crippen molar-refractivity contribution in [2.75, 3.05) is 7.11 Å². The van der Waals surface area contributed by atoms with Gasteiger partial charge in [0.15, 0.2) is 4.80 Å². The van der Waals surface area contributed by atoms with Gasteiger partial charge < -0.3 is 9.84 Å². The molecule has 1 N–H and O–H groups in total. The van der Waals surface area contributed by atoms with Gasteiger partial charge in [0.05, 0.1) is 36.1 Å². The van der Waals surface area contributed by atoms with Crippen molar-refractivity contribution in [1.29, 1.82) is 0 Å². The highest BCUT2D eigenvalue weighted by atomic mass is 127. The van der Waals surface area contributed by atoms with Crippen LogP contribution in [0.25, 0.3) is 6.08 Å². The van der Waals surface area contributed by atoms with Crippen LogP contribution in [0.15, 0.2) is 63.5 Å². The standard InChI is InChI=1S/C23H18I2N2O4S/c1-3-16-18(22(30)31-2)19(13-7-5-4-6-8-13)27-21(29)17(32-23(27)26-16)11-12-9-14(24)20(28)15(25)10-12/h4-11,19,28H,3H2,1-2H3/b17-11-/t19-/m1/s1. The molecule has 2 aromatic carbocycles. The van der Waals surface area contributed by atoms with E-state index in [4.69, 9.17) is 4.74 Å². The Kier molecular flexibility index (Phi) is 6.86. The first-order valence-electron chi connectivity index (χ1n) is 9.71. The fourth-order valence-corrected chi connectivity index (χ4v) is 6.47. The fourth-order valence-electron chi connectivity index (χ4n) is 3.63. The molecular formula is C23H18I2N2O4S. The van der Waals surface area contributed by atoms with Crippen molar-refractivity contribution in [3.63, 3.8) is 0 Å². The number of hydrogen-bond acceptors (Lipinski definition) is 6. The SMILES string of the molecule is CCC1=C(C(=O)OC)[C@@H](c2ccccc2)n2c(s/c(=C\c3cc(I)c(O)c(I)c3)c2=O)=N1. The molecule has 3 aromatic rings. The second kappa shape index (κ2) is 9.48. The van der Waals surface area contributed by atoms with Crippen molar-refractivity contribution >= 4 is 68.6 Å². The van der Waals surface area contributed by atoms with E-state index in [-0.39, 0.29) is 11.3 Å². The predicted molar refractivity (Wildman–Crippen MR) is 140 cm³/mol. The van der Waals surface area contributed by atoms with Gasteiger partial charge in [-0.25, -0.2) is 9.79 Å². The number of fused-ring (bicyclic) bond motifs is 1. The van der Waals surface area contributed by atoms with E-state index in [1.165, 1.54) is 18.4 Å². The topological polar surface area (TPSA) is 80.9 Å². The Morgan fingerprint density at radius 3 is 2.50 bits per heavy atom. The number of phenolic OH excluding ortho intramolecular Hbond substituents is 1. The van der Waals surface area contributed by atoms with Gasteiger partial charge in [0, 0.05) is 0 Å². The van der Waals surface area contributed by atoms with E-state index >= 15 is 0 Å². The minimum absolute atomic E-state index is 0.225. The molecular weight excluding hydrogens is 654 g/mol. The Morgan fingerprint density at radius 2 is 1.91 bits per heavy atom. The third-order valence-corrected chi connectivity index (χ3v) is 7.73.